The van der Waals surface area contributed by atoms with Gasteiger partial charge in [0.25, 0.3) is 0 Å². The van der Waals surface area contributed by atoms with Crippen LogP contribution in [0.15, 0.2) is 61.4 Å². The quantitative estimate of drug-likeness (QED) is 0.622. The first kappa shape index (κ1) is 18.4. The number of carbonyl (C=O) groups excluding carboxylic acids is 1. The highest BCUT2D eigenvalue weighted by Gasteiger charge is 2.41. The van der Waals surface area contributed by atoms with Crippen LogP contribution in [0.5, 0.6) is 0 Å². The number of thiophene rings is 1. The van der Waals surface area contributed by atoms with Crippen LogP contribution in [-0.4, -0.2) is 10.8 Å². The van der Waals surface area contributed by atoms with Gasteiger partial charge in [-0.05, 0) is 69.0 Å². The van der Waals surface area contributed by atoms with Gasteiger partial charge in [-0.3, -0.25) is 9.69 Å². The van der Waals surface area contributed by atoms with Crippen molar-refractivity contribution < 1.29 is 4.79 Å². The van der Waals surface area contributed by atoms with E-state index in [9.17, 15) is 10.1 Å². The van der Waals surface area contributed by atoms with Crippen molar-refractivity contribution in [3.63, 3.8) is 0 Å². The third kappa shape index (κ3) is 3.14. The van der Waals surface area contributed by atoms with Gasteiger partial charge in [-0.2, -0.15) is 5.26 Å². The van der Waals surface area contributed by atoms with E-state index >= 15 is 0 Å². The molecule has 27 heavy (non-hydrogen) atoms. The van der Waals surface area contributed by atoms with Gasteiger partial charge in [0.1, 0.15) is 11.6 Å². The molecular weight excluding hydrogens is 492 g/mol. The summed E-state index contributed by atoms with van der Waals surface area (Å²) in [5.41, 5.74) is 8.39. The molecule has 0 amide bonds. The Hall–Kier alpha value is -1.95. The summed E-state index contributed by atoms with van der Waals surface area (Å²) < 4.78 is 1.80. The Morgan fingerprint density at radius 1 is 1.26 bits per heavy atom. The maximum absolute atomic E-state index is 12.9. The van der Waals surface area contributed by atoms with E-state index in [-0.39, 0.29) is 5.78 Å². The van der Waals surface area contributed by atoms with E-state index in [2.05, 4.69) is 42.9 Å². The molecule has 0 unspecified atom stereocenters. The molecule has 8 heteroatoms. The Labute approximate surface area is 177 Å². The van der Waals surface area contributed by atoms with Crippen molar-refractivity contribution in [1.82, 2.24) is 4.98 Å². The number of anilines is 1. The molecule has 2 aromatic rings. The molecule has 5 nitrogen and oxygen atoms in total. The predicted octanol–water partition coefficient (Wildman–Crippen LogP) is 4.97. The van der Waals surface area contributed by atoms with Crippen molar-refractivity contribution in [2.75, 3.05) is 4.90 Å². The zero-order chi connectivity index (χ0) is 19.1. The van der Waals surface area contributed by atoms with Gasteiger partial charge in [0, 0.05) is 33.2 Å². The molecule has 0 aromatic carbocycles. The van der Waals surface area contributed by atoms with Crippen molar-refractivity contribution in [2.45, 2.75) is 25.2 Å². The van der Waals surface area contributed by atoms with E-state index in [0.717, 1.165) is 31.7 Å². The monoisotopic (exact) mass is 504 g/mol. The number of nitriles is 1. The molecule has 0 fully saturated rings. The lowest BCUT2D eigenvalue weighted by Crippen LogP contribution is -2.38. The highest BCUT2D eigenvalue weighted by atomic mass is 79.9. The Kier molecular flexibility index (Phi) is 4.93. The number of ketones is 1. The molecule has 0 radical (unpaired) electrons. The van der Waals surface area contributed by atoms with Crippen molar-refractivity contribution in [1.29, 1.82) is 5.26 Å². The average Bonchev–Trinajstić information content (AvgIpc) is 3.08. The van der Waals surface area contributed by atoms with Crippen LogP contribution in [0, 0.1) is 11.3 Å². The number of hydrogen-bond donors (Lipinski definition) is 1. The van der Waals surface area contributed by atoms with Crippen LogP contribution in [0.2, 0.25) is 0 Å². The third-order valence-corrected chi connectivity index (χ3v) is 6.89. The number of Topliss-reactive ketones (excluding diaryl/α,β-unsaturated/α-hetero) is 1. The van der Waals surface area contributed by atoms with Gasteiger partial charge in [0.2, 0.25) is 0 Å². The van der Waals surface area contributed by atoms with Crippen molar-refractivity contribution >= 4 is 54.8 Å². The summed E-state index contributed by atoms with van der Waals surface area (Å²) in [5.74, 6) is 0.612. The lowest BCUT2D eigenvalue weighted by molar-refractivity contribution is -0.116. The highest BCUT2D eigenvalue weighted by molar-refractivity contribution is 9.11. The predicted molar refractivity (Wildman–Crippen MR) is 112 cm³/mol. The lowest BCUT2D eigenvalue weighted by Gasteiger charge is -2.38. The second-order valence-corrected chi connectivity index (χ2v) is 9.70. The smallest absolute Gasteiger partial charge is 0.161 e. The Morgan fingerprint density at radius 2 is 2.07 bits per heavy atom. The molecule has 2 aromatic heterocycles. The summed E-state index contributed by atoms with van der Waals surface area (Å²) in [7, 11) is 0. The molecule has 1 aliphatic heterocycles. The summed E-state index contributed by atoms with van der Waals surface area (Å²) >= 11 is 8.38. The standard InChI is InChI=1S/C19H14Br2N4OS/c20-10-4-7-16(24-9-10)25-12-2-1-3-13(26)18(12)17(11(8-22)19(25)23)14-5-6-15(21)27-14/h4-7,9,17H,1-3,23H2/t17-/m1/s1. The number of rotatable bonds is 2. The fraction of sp³-hybridized carbons (Fsp3) is 0.211. The molecule has 1 aliphatic carbocycles. The van der Waals surface area contributed by atoms with Gasteiger partial charge < -0.3 is 5.73 Å². The zero-order valence-electron chi connectivity index (χ0n) is 14.1. The number of halogens is 2. The number of nitrogens with zero attached hydrogens (tertiary/aromatic N) is 3. The first-order valence-corrected chi connectivity index (χ1v) is 10.7. The summed E-state index contributed by atoms with van der Waals surface area (Å²) in [4.78, 5) is 20.1. The van der Waals surface area contributed by atoms with Gasteiger partial charge in [-0.25, -0.2) is 4.98 Å². The van der Waals surface area contributed by atoms with Crippen LogP contribution in [0.25, 0.3) is 0 Å². The molecule has 136 valence electrons. The average molecular weight is 506 g/mol. The van der Waals surface area contributed by atoms with Crippen LogP contribution >= 0.6 is 43.2 Å². The van der Waals surface area contributed by atoms with Gasteiger partial charge in [0.15, 0.2) is 5.78 Å². The van der Waals surface area contributed by atoms with Crippen LogP contribution in [-0.2, 0) is 4.79 Å². The van der Waals surface area contributed by atoms with Crippen LogP contribution in [0.3, 0.4) is 0 Å². The van der Waals surface area contributed by atoms with Gasteiger partial charge in [-0.1, -0.05) is 0 Å². The maximum Gasteiger partial charge on any atom is 0.161 e. The first-order valence-electron chi connectivity index (χ1n) is 8.34. The van der Waals surface area contributed by atoms with Crippen molar-refractivity contribution in [2.24, 2.45) is 5.73 Å². The molecule has 4 rings (SSSR count). The minimum absolute atomic E-state index is 0.0770. The van der Waals surface area contributed by atoms with E-state index in [1.807, 2.05) is 24.3 Å². The normalized spacial score (nSPS) is 20.0. The minimum atomic E-state index is -0.416. The molecular formula is C19H14Br2N4OS. The summed E-state index contributed by atoms with van der Waals surface area (Å²) in [6.45, 7) is 0. The molecule has 2 N–H and O–H groups in total. The minimum Gasteiger partial charge on any atom is -0.384 e. The third-order valence-electron chi connectivity index (χ3n) is 4.73. The highest BCUT2D eigenvalue weighted by Crippen LogP contribution is 2.47. The van der Waals surface area contributed by atoms with E-state index in [4.69, 9.17) is 5.73 Å². The Bertz CT molecular complexity index is 1030. The number of nitrogens with two attached hydrogens (primary N) is 1. The van der Waals surface area contributed by atoms with Crippen LogP contribution in [0.1, 0.15) is 30.1 Å². The fourth-order valence-corrected chi connectivity index (χ4v) is 5.39. The molecule has 0 saturated carbocycles. The van der Waals surface area contributed by atoms with Crippen molar-refractivity contribution in [3.8, 4) is 6.07 Å². The van der Waals surface area contributed by atoms with Crippen LogP contribution in [0.4, 0.5) is 5.82 Å². The van der Waals surface area contributed by atoms with Gasteiger partial charge in [0.05, 0.1) is 21.3 Å². The molecule has 0 bridgehead atoms. The largest absolute Gasteiger partial charge is 0.384 e. The first-order chi connectivity index (χ1) is 13.0. The Balaban J connectivity index is 1.96. The molecule has 3 heterocycles. The zero-order valence-corrected chi connectivity index (χ0v) is 18.1. The van der Waals surface area contributed by atoms with E-state index < -0.39 is 5.92 Å². The van der Waals surface area contributed by atoms with Crippen molar-refractivity contribution in [3.05, 3.63) is 66.3 Å². The number of pyridine rings is 1. The molecule has 1 atom stereocenters. The lowest BCUT2D eigenvalue weighted by atomic mass is 9.78. The number of carbonyl (C=O) groups is 1. The van der Waals surface area contributed by atoms with E-state index in [0.29, 0.717) is 29.2 Å². The topological polar surface area (TPSA) is 83.0 Å². The number of aromatic nitrogens is 1. The maximum atomic E-state index is 12.9. The van der Waals surface area contributed by atoms with Gasteiger partial charge >= 0.3 is 0 Å². The van der Waals surface area contributed by atoms with Crippen LogP contribution < -0.4 is 10.6 Å². The molecule has 0 saturated heterocycles. The molecule has 0 spiro atoms. The molecule has 2 aliphatic rings. The SMILES string of the molecule is N#CC1=C(N)N(c2ccc(Br)cn2)C2=C(C(=O)CCC2)[C@H]1c1ccc(Br)s1. The summed E-state index contributed by atoms with van der Waals surface area (Å²) in [5, 5.41) is 9.90. The Morgan fingerprint density at radius 3 is 2.70 bits per heavy atom. The van der Waals surface area contributed by atoms with E-state index in [1.54, 1.807) is 11.1 Å². The number of allylic oxidation sites excluding steroid dienone is 3. The number of hydrogen-bond acceptors (Lipinski definition) is 6. The summed E-state index contributed by atoms with van der Waals surface area (Å²) in [6, 6.07) is 9.84. The second-order valence-electron chi connectivity index (χ2n) is 6.29. The summed E-state index contributed by atoms with van der Waals surface area (Å²) in [6.07, 6.45) is 3.66. The second kappa shape index (κ2) is 7.23. The van der Waals surface area contributed by atoms with Gasteiger partial charge in [-0.15, -0.1) is 11.3 Å². The van der Waals surface area contributed by atoms with E-state index in [1.165, 1.54) is 11.3 Å². The fourth-order valence-electron chi connectivity index (χ4n) is 3.62.